The van der Waals surface area contributed by atoms with E-state index in [1.54, 1.807) is 4.90 Å². The zero-order chi connectivity index (χ0) is 15.8. The van der Waals surface area contributed by atoms with Crippen molar-refractivity contribution in [2.24, 2.45) is 5.73 Å². The highest BCUT2D eigenvalue weighted by atomic mass is 35.5. The summed E-state index contributed by atoms with van der Waals surface area (Å²) >= 11 is 6.32. The van der Waals surface area contributed by atoms with Gasteiger partial charge in [0.25, 0.3) is 0 Å². The number of carbonyl (C=O) groups is 1. The molecule has 1 aromatic rings. The van der Waals surface area contributed by atoms with Crippen LogP contribution in [0.2, 0.25) is 5.02 Å². The minimum atomic E-state index is -0.612. The molecule has 1 fully saturated rings. The van der Waals surface area contributed by atoms with Crippen LogP contribution in [0.3, 0.4) is 0 Å². The second-order valence-corrected chi connectivity index (χ2v) is 7.15. The first-order valence-electron chi connectivity index (χ1n) is 7.15. The molecule has 1 amide bonds. The van der Waals surface area contributed by atoms with E-state index in [1.165, 1.54) is 0 Å². The third-order valence-electron chi connectivity index (χ3n) is 3.67. The summed E-state index contributed by atoms with van der Waals surface area (Å²) in [7, 11) is 0. The molecule has 0 aliphatic carbocycles. The number of ether oxygens (including phenoxy) is 1. The Hall–Kier alpha value is -1.26. The number of nitrogens with two attached hydrogens (primary N) is 1. The molecule has 0 saturated carbocycles. The molecule has 0 bridgehead atoms. The molecule has 0 aromatic heterocycles. The average molecular weight is 311 g/mol. The van der Waals surface area contributed by atoms with E-state index in [2.05, 4.69) is 0 Å². The van der Waals surface area contributed by atoms with Crippen molar-refractivity contribution >= 4 is 17.7 Å². The molecule has 1 heterocycles. The van der Waals surface area contributed by atoms with Gasteiger partial charge in [0.05, 0.1) is 5.54 Å². The van der Waals surface area contributed by atoms with Crippen molar-refractivity contribution in [3.63, 3.8) is 0 Å². The van der Waals surface area contributed by atoms with E-state index in [0.717, 1.165) is 11.1 Å². The summed E-state index contributed by atoms with van der Waals surface area (Å²) in [6.45, 7) is 8.56. The molecular weight excluding hydrogens is 288 g/mol. The Bertz CT molecular complexity index is 533. The van der Waals surface area contributed by atoms with Gasteiger partial charge in [-0.1, -0.05) is 23.7 Å². The quantitative estimate of drug-likeness (QED) is 0.864. The number of hydrogen-bond donors (Lipinski definition) is 1. The Morgan fingerprint density at radius 3 is 2.67 bits per heavy atom. The third-order valence-corrected chi connectivity index (χ3v) is 3.99. The second kappa shape index (κ2) is 5.50. The van der Waals surface area contributed by atoms with Gasteiger partial charge in [0.1, 0.15) is 5.60 Å². The van der Waals surface area contributed by atoms with Crippen LogP contribution in [-0.2, 0) is 10.3 Å². The van der Waals surface area contributed by atoms with Crippen LogP contribution >= 0.6 is 11.6 Å². The van der Waals surface area contributed by atoms with Gasteiger partial charge in [-0.15, -0.1) is 0 Å². The Balaban J connectivity index is 2.19. The maximum absolute atomic E-state index is 12.2. The molecule has 5 heteroatoms. The lowest BCUT2D eigenvalue weighted by Crippen LogP contribution is -2.43. The van der Waals surface area contributed by atoms with Crippen LogP contribution in [0.4, 0.5) is 4.79 Å². The maximum Gasteiger partial charge on any atom is 0.410 e. The third kappa shape index (κ3) is 3.50. The zero-order valence-electron chi connectivity index (χ0n) is 13.1. The lowest BCUT2D eigenvalue weighted by atomic mass is 9.87. The SMILES string of the molecule is Cc1cccc(Cl)c1[C@@]1(N)CCN(C(=O)OC(C)(C)C)C1. The Labute approximate surface area is 131 Å². The molecule has 4 nitrogen and oxygen atoms in total. The van der Waals surface area contributed by atoms with Gasteiger partial charge >= 0.3 is 6.09 Å². The number of halogens is 1. The number of hydrogen-bond acceptors (Lipinski definition) is 3. The van der Waals surface area contributed by atoms with Crippen molar-refractivity contribution in [2.45, 2.75) is 45.3 Å². The number of rotatable bonds is 1. The summed E-state index contributed by atoms with van der Waals surface area (Å²) in [5.74, 6) is 0. The van der Waals surface area contributed by atoms with E-state index in [0.29, 0.717) is 24.5 Å². The van der Waals surface area contributed by atoms with Gasteiger partial charge in [-0.05, 0) is 51.3 Å². The minimum absolute atomic E-state index is 0.320. The Morgan fingerprint density at radius 1 is 1.43 bits per heavy atom. The molecule has 0 spiro atoms. The highest BCUT2D eigenvalue weighted by Gasteiger charge is 2.41. The molecule has 1 aliphatic rings. The van der Waals surface area contributed by atoms with E-state index in [9.17, 15) is 4.79 Å². The van der Waals surface area contributed by atoms with Crippen LogP contribution in [0.15, 0.2) is 18.2 Å². The van der Waals surface area contributed by atoms with Crippen LogP contribution in [0.25, 0.3) is 0 Å². The maximum atomic E-state index is 12.2. The van der Waals surface area contributed by atoms with Gasteiger partial charge in [0.15, 0.2) is 0 Å². The number of carbonyl (C=O) groups excluding carboxylic acids is 1. The molecule has 1 aromatic carbocycles. The highest BCUT2D eigenvalue weighted by Crippen LogP contribution is 2.36. The van der Waals surface area contributed by atoms with Gasteiger partial charge in [-0.2, -0.15) is 0 Å². The van der Waals surface area contributed by atoms with Gasteiger partial charge in [0, 0.05) is 18.1 Å². The lowest BCUT2D eigenvalue weighted by Gasteiger charge is -2.29. The van der Waals surface area contributed by atoms with Crippen molar-refractivity contribution in [1.82, 2.24) is 4.90 Å². The first kappa shape index (κ1) is 16.1. The van der Waals surface area contributed by atoms with Crippen molar-refractivity contribution in [3.05, 3.63) is 34.3 Å². The Kier molecular flexibility index (Phi) is 4.22. The summed E-state index contributed by atoms with van der Waals surface area (Å²) < 4.78 is 5.41. The van der Waals surface area contributed by atoms with Crippen LogP contribution in [0.5, 0.6) is 0 Å². The molecule has 0 unspecified atom stereocenters. The number of aryl methyl sites for hydroxylation is 1. The molecule has 0 radical (unpaired) electrons. The largest absolute Gasteiger partial charge is 0.444 e. The Morgan fingerprint density at radius 2 is 2.10 bits per heavy atom. The normalized spacial score (nSPS) is 22.5. The van der Waals surface area contributed by atoms with Crippen molar-refractivity contribution in [2.75, 3.05) is 13.1 Å². The van der Waals surface area contributed by atoms with E-state index in [4.69, 9.17) is 22.1 Å². The standard InChI is InChI=1S/C16H23ClN2O2/c1-11-6-5-7-12(17)13(11)16(18)8-9-19(10-16)14(20)21-15(2,3)4/h5-7H,8-10,18H2,1-4H3/t16-/m1/s1. The number of amides is 1. The fourth-order valence-corrected chi connectivity index (χ4v) is 3.19. The van der Waals surface area contributed by atoms with Gasteiger partial charge < -0.3 is 15.4 Å². The first-order valence-corrected chi connectivity index (χ1v) is 7.53. The van der Waals surface area contributed by atoms with E-state index >= 15 is 0 Å². The molecular formula is C16H23ClN2O2. The number of likely N-dealkylation sites (tertiary alicyclic amines) is 1. The van der Waals surface area contributed by atoms with Crippen LogP contribution in [0.1, 0.15) is 38.3 Å². The van der Waals surface area contributed by atoms with Crippen LogP contribution in [-0.4, -0.2) is 29.7 Å². The summed E-state index contributed by atoms with van der Waals surface area (Å²) in [5, 5.41) is 0.656. The number of nitrogens with zero attached hydrogens (tertiary/aromatic N) is 1. The number of benzene rings is 1. The van der Waals surface area contributed by atoms with Crippen molar-refractivity contribution in [1.29, 1.82) is 0 Å². The highest BCUT2D eigenvalue weighted by molar-refractivity contribution is 6.31. The minimum Gasteiger partial charge on any atom is -0.444 e. The fourth-order valence-electron chi connectivity index (χ4n) is 2.78. The van der Waals surface area contributed by atoms with Crippen LogP contribution in [0, 0.1) is 6.92 Å². The molecule has 1 atom stereocenters. The monoisotopic (exact) mass is 310 g/mol. The topological polar surface area (TPSA) is 55.6 Å². The summed E-state index contributed by atoms with van der Waals surface area (Å²) in [6.07, 6.45) is 0.358. The molecule has 2 rings (SSSR count). The van der Waals surface area contributed by atoms with Crippen LogP contribution < -0.4 is 5.73 Å². The predicted molar refractivity (Wildman–Crippen MR) is 84.5 cm³/mol. The molecule has 1 saturated heterocycles. The van der Waals surface area contributed by atoms with Crippen molar-refractivity contribution < 1.29 is 9.53 Å². The fraction of sp³-hybridized carbons (Fsp3) is 0.562. The van der Waals surface area contributed by atoms with E-state index < -0.39 is 11.1 Å². The summed E-state index contributed by atoms with van der Waals surface area (Å²) in [5.41, 5.74) is 7.41. The van der Waals surface area contributed by atoms with Gasteiger partial charge in [-0.3, -0.25) is 0 Å². The first-order chi connectivity index (χ1) is 9.62. The van der Waals surface area contributed by atoms with Crippen molar-refractivity contribution in [3.8, 4) is 0 Å². The zero-order valence-corrected chi connectivity index (χ0v) is 13.8. The molecule has 1 aliphatic heterocycles. The predicted octanol–water partition coefficient (Wildman–Crippen LogP) is 3.44. The smallest absolute Gasteiger partial charge is 0.410 e. The lowest BCUT2D eigenvalue weighted by molar-refractivity contribution is 0.0284. The van der Waals surface area contributed by atoms with Gasteiger partial charge in [0.2, 0.25) is 0 Å². The van der Waals surface area contributed by atoms with E-state index in [-0.39, 0.29) is 6.09 Å². The molecule has 2 N–H and O–H groups in total. The second-order valence-electron chi connectivity index (χ2n) is 6.74. The molecule has 21 heavy (non-hydrogen) atoms. The van der Waals surface area contributed by atoms with E-state index in [1.807, 2.05) is 45.9 Å². The molecule has 116 valence electrons. The van der Waals surface area contributed by atoms with Gasteiger partial charge in [-0.25, -0.2) is 4.79 Å². The summed E-state index contributed by atoms with van der Waals surface area (Å²) in [4.78, 5) is 13.8. The summed E-state index contributed by atoms with van der Waals surface area (Å²) in [6, 6.07) is 5.74. The average Bonchev–Trinajstić information content (AvgIpc) is 2.70.